The second-order valence-corrected chi connectivity index (χ2v) is 11.3. The van der Waals surface area contributed by atoms with Crippen LogP contribution in [0.3, 0.4) is 0 Å². The summed E-state index contributed by atoms with van der Waals surface area (Å²) in [5.74, 6) is -0.381. The van der Waals surface area contributed by atoms with Crippen LogP contribution >= 0.6 is 0 Å². The Morgan fingerprint density at radius 1 is 1.21 bits per heavy atom. The molecule has 2 saturated heterocycles. The maximum Gasteiger partial charge on any atom is 0.453 e. The van der Waals surface area contributed by atoms with E-state index in [2.05, 4.69) is 16.3 Å². The molecule has 0 saturated carbocycles. The van der Waals surface area contributed by atoms with Gasteiger partial charge in [0.25, 0.3) is 5.91 Å². The minimum Gasteiger partial charge on any atom is -0.464 e. The van der Waals surface area contributed by atoms with Crippen molar-refractivity contribution in [2.24, 2.45) is 0 Å². The van der Waals surface area contributed by atoms with E-state index in [9.17, 15) is 29.7 Å². The summed E-state index contributed by atoms with van der Waals surface area (Å²) in [5.41, 5.74) is 0.623. The summed E-state index contributed by atoms with van der Waals surface area (Å²) >= 11 is 0. The molecule has 0 radical (unpaired) electrons. The first-order valence-corrected chi connectivity index (χ1v) is 14.2. The number of nitrogens with zero attached hydrogens (tertiary/aromatic N) is 4. The Morgan fingerprint density at radius 3 is 2.60 bits per heavy atom. The van der Waals surface area contributed by atoms with E-state index in [1.54, 1.807) is 28.9 Å². The van der Waals surface area contributed by atoms with Gasteiger partial charge in [-0.3, -0.25) is 14.5 Å². The van der Waals surface area contributed by atoms with E-state index in [0.717, 1.165) is 5.39 Å². The fourth-order valence-electron chi connectivity index (χ4n) is 5.71. The summed E-state index contributed by atoms with van der Waals surface area (Å²) in [6, 6.07) is 8.09. The molecule has 42 heavy (non-hydrogen) atoms. The Labute approximate surface area is 245 Å². The third-order valence-corrected chi connectivity index (χ3v) is 8.06. The molecule has 2 fully saturated rings. The fourth-order valence-corrected chi connectivity index (χ4v) is 5.71. The number of para-hydroxylation sites is 1. The highest BCUT2D eigenvalue weighted by atomic mass is 16.5. The highest BCUT2D eigenvalue weighted by molar-refractivity contribution is 6.41. The molecule has 0 aliphatic carbocycles. The van der Waals surface area contributed by atoms with Gasteiger partial charge in [0.15, 0.2) is 0 Å². The highest BCUT2D eigenvalue weighted by Gasteiger charge is 2.35. The molecule has 3 heterocycles. The molecule has 224 valence electrons. The minimum atomic E-state index is -1.68. The SMILES string of the molecule is CC(=O)N1CCN(C(C)(C)C=C(C#N)C(=O)N2CCC[C@@H]2COC(=O)N[C@H](CB(O)O)c2coc3ccccc23)CC1. The van der Waals surface area contributed by atoms with Crippen molar-refractivity contribution in [3.8, 4) is 6.07 Å². The molecule has 1 aromatic heterocycles. The Kier molecular flexibility index (Phi) is 9.93. The van der Waals surface area contributed by atoms with Crippen LogP contribution in [0.25, 0.3) is 11.0 Å². The quantitative estimate of drug-likeness (QED) is 0.230. The van der Waals surface area contributed by atoms with Crippen LogP contribution in [0.1, 0.15) is 45.2 Å². The molecule has 2 aliphatic heterocycles. The number of furan rings is 1. The molecule has 0 spiro atoms. The van der Waals surface area contributed by atoms with Crippen molar-refractivity contribution in [3.63, 3.8) is 0 Å². The zero-order chi connectivity index (χ0) is 30.4. The number of hydrogen-bond acceptors (Lipinski definition) is 9. The largest absolute Gasteiger partial charge is 0.464 e. The third kappa shape index (κ3) is 7.31. The van der Waals surface area contributed by atoms with Gasteiger partial charge in [-0.25, -0.2) is 4.79 Å². The molecule has 12 nitrogen and oxygen atoms in total. The number of hydrogen-bond donors (Lipinski definition) is 3. The number of benzene rings is 1. The molecule has 3 N–H and O–H groups in total. The number of carbonyl (C=O) groups is 3. The van der Waals surface area contributed by atoms with E-state index in [1.807, 2.05) is 32.0 Å². The summed E-state index contributed by atoms with van der Waals surface area (Å²) in [5, 5.41) is 32.5. The summed E-state index contributed by atoms with van der Waals surface area (Å²) < 4.78 is 11.0. The lowest BCUT2D eigenvalue weighted by Gasteiger charge is -2.42. The Morgan fingerprint density at radius 2 is 1.93 bits per heavy atom. The number of rotatable bonds is 9. The first kappa shape index (κ1) is 31.1. The number of fused-ring (bicyclic) bond motifs is 1. The van der Waals surface area contributed by atoms with Crippen LogP contribution in [-0.4, -0.2) is 101 Å². The summed E-state index contributed by atoms with van der Waals surface area (Å²) in [6.07, 6.45) is 3.52. The Balaban J connectivity index is 1.38. The molecule has 13 heteroatoms. The number of carbonyl (C=O) groups excluding carboxylic acids is 3. The lowest BCUT2D eigenvalue weighted by Crippen LogP contribution is -2.55. The zero-order valence-corrected chi connectivity index (χ0v) is 24.3. The molecule has 2 aromatic rings. The van der Waals surface area contributed by atoms with Crippen LogP contribution in [0, 0.1) is 11.3 Å². The van der Waals surface area contributed by atoms with Gasteiger partial charge in [-0.05, 0) is 38.8 Å². The van der Waals surface area contributed by atoms with E-state index in [1.165, 1.54) is 6.26 Å². The van der Waals surface area contributed by atoms with Gasteiger partial charge in [-0.15, -0.1) is 0 Å². The van der Waals surface area contributed by atoms with Crippen molar-refractivity contribution >= 4 is 36.0 Å². The number of amides is 3. The summed E-state index contributed by atoms with van der Waals surface area (Å²) in [6.45, 7) is 8.24. The van der Waals surface area contributed by atoms with Crippen molar-refractivity contribution in [1.29, 1.82) is 5.26 Å². The Hall–Kier alpha value is -3.86. The van der Waals surface area contributed by atoms with Gasteiger partial charge < -0.3 is 34.3 Å². The highest BCUT2D eigenvalue weighted by Crippen LogP contribution is 2.29. The second kappa shape index (κ2) is 13.4. The van der Waals surface area contributed by atoms with E-state index >= 15 is 0 Å². The molecule has 2 atom stereocenters. The van der Waals surface area contributed by atoms with E-state index in [4.69, 9.17) is 9.15 Å². The molecule has 2 aliphatic rings. The number of alkyl carbamates (subject to hydrolysis) is 1. The standard InChI is InChI=1S/C29H38BN5O7/c1-20(36)33-11-13-34(14-12-33)29(2,3)15-21(17-31)27(37)35-10-6-7-22(35)18-42-28(38)32-25(16-30(39)40)24-19-41-26-9-5-4-8-23(24)26/h4-5,8-9,15,19,22,25,39-40H,6-7,10-14,16,18H2,1-3H3,(H,32,38)/t22-,25-/m1/s1. The lowest BCUT2D eigenvalue weighted by molar-refractivity contribution is -0.131. The van der Waals surface area contributed by atoms with Gasteiger partial charge in [0, 0.05) is 62.5 Å². The van der Waals surface area contributed by atoms with E-state index in [-0.39, 0.29) is 24.4 Å². The van der Waals surface area contributed by atoms with Crippen LogP contribution in [0.2, 0.25) is 6.32 Å². The topological polar surface area (TPSA) is 160 Å². The third-order valence-electron chi connectivity index (χ3n) is 8.06. The maximum absolute atomic E-state index is 13.5. The smallest absolute Gasteiger partial charge is 0.453 e. The van der Waals surface area contributed by atoms with E-state index < -0.39 is 36.7 Å². The van der Waals surface area contributed by atoms with Gasteiger partial charge in [0.2, 0.25) is 5.91 Å². The summed E-state index contributed by atoms with van der Waals surface area (Å²) in [4.78, 5) is 43.4. The lowest BCUT2D eigenvalue weighted by atomic mass is 9.79. The summed E-state index contributed by atoms with van der Waals surface area (Å²) in [7, 11) is -1.68. The molecular weight excluding hydrogens is 541 g/mol. The van der Waals surface area contributed by atoms with Crippen LogP contribution in [-0.2, 0) is 14.3 Å². The van der Waals surface area contributed by atoms with Crippen molar-refractivity contribution in [1.82, 2.24) is 20.0 Å². The monoisotopic (exact) mass is 579 g/mol. The molecular formula is C29H38BN5O7. The average molecular weight is 579 g/mol. The van der Waals surface area contributed by atoms with Gasteiger partial charge in [0.05, 0.1) is 18.3 Å². The molecule has 3 amide bonds. The number of piperazine rings is 1. The van der Waals surface area contributed by atoms with Gasteiger partial charge in [-0.2, -0.15) is 5.26 Å². The Bertz CT molecular complexity index is 1360. The fraction of sp³-hybridized carbons (Fsp3) is 0.517. The molecule has 1 aromatic carbocycles. The first-order valence-electron chi connectivity index (χ1n) is 14.2. The van der Waals surface area contributed by atoms with Gasteiger partial charge >= 0.3 is 13.2 Å². The predicted octanol–water partition coefficient (Wildman–Crippen LogP) is 2.06. The van der Waals surface area contributed by atoms with Crippen LogP contribution < -0.4 is 5.32 Å². The predicted molar refractivity (Wildman–Crippen MR) is 155 cm³/mol. The van der Waals surface area contributed by atoms with Crippen molar-refractivity contribution < 1.29 is 33.6 Å². The number of nitriles is 1. The number of ether oxygens (including phenoxy) is 1. The molecule has 4 rings (SSSR count). The van der Waals surface area contributed by atoms with Crippen molar-refractivity contribution in [3.05, 3.63) is 47.7 Å². The van der Waals surface area contributed by atoms with Crippen LogP contribution in [0.4, 0.5) is 4.79 Å². The average Bonchev–Trinajstić information content (AvgIpc) is 3.61. The molecule has 0 unspecified atom stereocenters. The molecule has 0 bridgehead atoms. The maximum atomic E-state index is 13.5. The van der Waals surface area contributed by atoms with Crippen LogP contribution in [0.5, 0.6) is 0 Å². The second-order valence-electron chi connectivity index (χ2n) is 11.3. The van der Waals surface area contributed by atoms with Crippen molar-refractivity contribution in [2.45, 2.75) is 57.6 Å². The first-order chi connectivity index (χ1) is 20.0. The van der Waals surface area contributed by atoms with Gasteiger partial charge in [0.1, 0.15) is 23.8 Å². The zero-order valence-electron chi connectivity index (χ0n) is 24.3. The van der Waals surface area contributed by atoms with Crippen molar-refractivity contribution in [2.75, 3.05) is 39.3 Å². The van der Waals surface area contributed by atoms with Gasteiger partial charge in [-0.1, -0.05) is 18.2 Å². The normalized spacial score (nSPS) is 19.0. The van der Waals surface area contributed by atoms with Crippen LogP contribution in [0.15, 0.2) is 46.6 Å². The van der Waals surface area contributed by atoms with E-state index in [0.29, 0.717) is 56.7 Å². The number of nitrogens with one attached hydrogen (secondary N) is 1. The number of likely N-dealkylation sites (tertiary alicyclic amines) is 1. The minimum absolute atomic E-state index is 0.0224.